The summed E-state index contributed by atoms with van der Waals surface area (Å²) in [6, 6.07) is 3.65. The van der Waals surface area contributed by atoms with Gasteiger partial charge in [0.2, 0.25) is 0 Å². The van der Waals surface area contributed by atoms with Crippen molar-refractivity contribution in [1.29, 1.82) is 0 Å². The summed E-state index contributed by atoms with van der Waals surface area (Å²) in [7, 11) is 1.39. The lowest BCUT2D eigenvalue weighted by Gasteiger charge is -2.12. The highest BCUT2D eigenvalue weighted by Crippen LogP contribution is 2.22. The van der Waals surface area contributed by atoms with Crippen LogP contribution in [0.3, 0.4) is 0 Å². The van der Waals surface area contributed by atoms with E-state index in [0.717, 1.165) is 16.8 Å². The first-order valence-corrected chi connectivity index (χ1v) is 5.14. The van der Waals surface area contributed by atoms with E-state index >= 15 is 0 Å². The summed E-state index contributed by atoms with van der Waals surface area (Å²) in [4.78, 5) is 11.4. The molecule has 0 aromatic heterocycles. The van der Waals surface area contributed by atoms with Crippen molar-refractivity contribution in [1.82, 2.24) is 0 Å². The molecule has 0 atom stereocenters. The Morgan fingerprint density at radius 3 is 2.44 bits per heavy atom. The first-order valence-electron chi connectivity index (χ1n) is 5.14. The maximum Gasteiger partial charge on any atom is 0.337 e. The Bertz CT molecular complexity index is 387. The molecular weight excluding hydrogens is 202 g/mol. The van der Waals surface area contributed by atoms with E-state index in [1.807, 2.05) is 26.0 Å². The zero-order chi connectivity index (χ0) is 12.1. The van der Waals surface area contributed by atoms with Crippen molar-refractivity contribution < 1.29 is 9.53 Å². The van der Waals surface area contributed by atoms with Crippen molar-refractivity contribution in [2.75, 3.05) is 19.0 Å². The molecule has 1 rings (SSSR count). The smallest absolute Gasteiger partial charge is 0.337 e. The number of carbonyl (C=O) groups excluding carboxylic acids is 1. The highest BCUT2D eigenvalue weighted by molar-refractivity contribution is 5.90. The minimum atomic E-state index is -0.304. The van der Waals surface area contributed by atoms with Gasteiger partial charge in [0.1, 0.15) is 0 Å². The number of ether oxygens (including phenoxy) is 1. The highest BCUT2D eigenvalue weighted by atomic mass is 16.5. The largest absolute Gasteiger partial charge is 0.465 e. The van der Waals surface area contributed by atoms with Gasteiger partial charge in [0.25, 0.3) is 0 Å². The number of methoxy groups -OCH3 is 1. The van der Waals surface area contributed by atoms with Crippen LogP contribution in [0.5, 0.6) is 0 Å². The summed E-state index contributed by atoms with van der Waals surface area (Å²) >= 11 is 0. The van der Waals surface area contributed by atoms with Gasteiger partial charge < -0.3 is 10.1 Å². The maximum atomic E-state index is 11.4. The molecular formula is C13H17NO2. The van der Waals surface area contributed by atoms with E-state index < -0.39 is 0 Å². The molecule has 16 heavy (non-hydrogen) atoms. The molecule has 0 spiro atoms. The number of aryl methyl sites for hydroxylation is 2. The van der Waals surface area contributed by atoms with Gasteiger partial charge in [-0.05, 0) is 37.1 Å². The lowest BCUT2D eigenvalue weighted by Crippen LogP contribution is -2.06. The summed E-state index contributed by atoms with van der Waals surface area (Å²) in [5.74, 6) is -0.304. The fraction of sp³-hybridized carbons (Fsp3) is 0.308. The third-order valence-corrected chi connectivity index (χ3v) is 2.38. The third-order valence-electron chi connectivity index (χ3n) is 2.38. The summed E-state index contributed by atoms with van der Waals surface area (Å²) in [6.07, 6.45) is 1.80. The quantitative estimate of drug-likeness (QED) is 0.625. The maximum absolute atomic E-state index is 11.4. The molecule has 1 aromatic rings. The molecule has 0 saturated heterocycles. The second kappa shape index (κ2) is 5.35. The summed E-state index contributed by atoms with van der Waals surface area (Å²) < 4.78 is 4.69. The molecule has 86 valence electrons. The van der Waals surface area contributed by atoms with Gasteiger partial charge in [-0.1, -0.05) is 6.08 Å². The van der Waals surface area contributed by atoms with Crippen molar-refractivity contribution >= 4 is 11.7 Å². The van der Waals surface area contributed by atoms with Crippen molar-refractivity contribution in [2.45, 2.75) is 13.8 Å². The van der Waals surface area contributed by atoms with Crippen LogP contribution in [-0.4, -0.2) is 19.6 Å². The van der Waals surface area contributed by atoms with Crippen LogP contribution in [0.15, 0.2) is 24.8 Å². The number of carbonyl (C=O) groups is 1. The molecule has 0 heterocycles. The Morgan fingerprint density at radius 2 is 2.00 bits per heavy atom. The SMILES string of the molecule is C=CCNc1c(C)cc(C(=O)OC)cc1C. The first-order chi connectivity index (χ1) is 7.60. The predicted octanol–water partition coefficient (Wildman–Crippen LogP) is 2.69. The van der Waals surface area contributed by atoms with Crippen molar-refractivity contribution in [3.63, 3.8) is 0 Å². The highest BCUT2D eigenvalue weighted by Gasteiger charge is 2.10. The first kappa shape index (κ1) is 12.3. The van der Waals surface area contributed by atoms with E-state index in [1.165, 1.54) is 7.11 Å². The van der Waals surface area contributed by atoms with Crippen LogP contribution in [-0.2, 0) is 4.74 Å². The fourth-order valence-corrected chi connectivity index (χ4v) is 1.65. The Balaban J connectivity index is 3.06. The Labute approximate surface area is 96.1 Å². The minimum Gasteiger partial charge on any atom is -0.465 e. The topological polar surface area (TPSA) is 38.3 Å². The van der Waals surface area contributed by atoms with Crippen LogP contribution < -0.4 is 5.32 Å². The number of hydrogen-bond donors (Lipinski definition) is 1. The monoisotopic (exact) mass is 219 g/mol. The van der Waals surface area contributed by atoms with Gasteiger partial charge in [0, 0.05) is 12.2 Å². The fourth-order valence-electron chi connectivity index (χ4n) is 1.65. The molecule has 1 N–H and O–H groups in total. The molecule has 0 aliphatic carbocycles. The number of benzene rings is 1. The zero-order valence-electron chi connectivity index (χ0n) is 9.96. The van der Waals surface area contributed by atoms with Gasteiger partial charge in [-0.25, -0.2) is 4.79 Å². The van der Waals surface area contributed by atoms with Crippen molar-refractivity contribution in [3.05, 3.63) is 41.5 Å². The standard InChI is InChI=1S/C13H17NO2/c1-5-6-14-12-9(2)7-11(8-10(12)3)13(15)16-4/h5,7-8,14H,1,6H2,2-4H3. The van der Waals surface area contributed by atoms with Crippen LogP contribution in [0, 0.1) is 13.8 Å². The molecule has 0 fully saturated rings. The summed E-state index contributed by atoms with van der Waals surface area (Å²) in [5.41, 5.74) is 3.69. The zero-order valence-corrected chi connectivity index (χ0v) is 9.96. The molecule has 0 aliphatic heterocycles. The lowest BCUT2D eigenvalue weighted by atomic mass is 10.0. The normalized spacial score (nSPS) is 9.69. The Hall–Kier alpha value is -1.77. The summed E-state index contributed by atoms with van der Waals surface area (Å²) in [5, 5.41) is 3.24. The molecule has 0 amide bonds. The van der Waals surface area contributed by atoms with Gasteiger partial charge >= 0.3 is 5.97 Å². The van der Waals surface area contributed by atoms with E-state index in [-0.39, 0.29) is 5.97 Å². The Kier molecular flexibility index (Phi) is 4.11. The average molecular weight is 219 g/mol. The van der Waals surface area contributed by atoms with Crippen LogP contribution in [0.1, 0.15) is 21.5 Å². The number of nitrogens with one attached hydrogen (secondary N) is 1. The lowest BCUT2D eigenvalue weighted by molar-refractivity contribution is 0.0600. The van der Waals surface area contributed by atoms with Crippen LogP contribution in [0.4, 0.5) is 5.69 Å². The second-order valence-corrected chi connectivity index (χ2v) is 3.65. The van der Waals surface area contributed by atoms with Crippen LogP contribution in [0.2, 0.25) is 0 Å². The van der Waals surface area contributed by atoms with Gasteiger partial charge in [-0.2, -0.15) is 0 Å². The molecule has 3 nitrogen and oxygen atoms in total. The number of rotatable bonds is 4. The molecule has 1 aromatic carbocycles. The van der Waals surface area contributed by atoms with E-state index in [9.17, 15) is 4.79 Å². The van der Waals surface area contributed by atoms with Crippen LogP contribution >= 0.6 is 0 Å². The molecule has 3 heteroatoms. The number of esters is 1. The molecule has 0 radical (unpaired) electrons. The van der Waals surface area contributed by atoms with E-state index in [2.05, 4.69) is 11.9 Å². The van der Waals surface area contributed by atoms with Gasteiger partial charge in [-0.3, -0.25) is 0 Å². The van der Waals surface area contributed by atoms with Crippen molar-refractivity contribution in [3.8, 4) is 0 Å². The van der Waals surface area contributed by atoms with E-state index in [1.54, 1.807) is 6.08 Å². The summed E-state index contributed by atoms with van der Waals surface area (Å²) in [6.45, 7) is 8.29. The number of hydrogen-bond acceptors (Lipinski definition) is 3. The van der Waals surface area contributed by atoms with E-state index in [0.29, 0.717) is 12.1 Å². The van der Waals surface area contributed by atoms with Gasteiger partial charge in [-0.15, -0.1) is 6.58 Å². The van der Waals surface area contributed by atoms with Gasteiger partial charge in [0.15, 0.2) is 0 Å². The number of anilines is 1. The Morgan fingerprint density at radius 1 is 1.44 bits per heavy atom. The van der Waals surface area contributed by atoms with Gasteiger partial charge in [0.05, 0.1) is 12.7 Å². The second-order valence-electron chi connectivity index (χ2n) is 3.65. The molecule has 0 bridgehead atoms. The molecule has 0 saturated carbocycles. The molecule has 0 unspecified atom stereocenters. The average Bonchev–Trinajstić information content (AvgIpc) is 2.26. The van der Waals surface area contributed by atoms with E-state index in [4.69, 9.17) is 4.74 Å². The predicted molar refractivity (Wildman–Crippen MR) is 65.9 cm³/mol. The third kappa shape index (κ3) is 2.63. The minimum absolute atomic E-state index is 0.304. The van der Waals surface area contributed by atoms with Crippen LogP contribution in [0.25, 0.3) is 0 Å². The molecule has 0 aliphatic rings. The van der Waals surface area contributed by atoms with Crippen molar-refractivity contribution in [2.24, 2.45) is 0 Å².